The molecule has 2 heterocycles. The van der Waals surface area contributed by atoms with Gasteiger partial charge in [0.25, 0.3) is 0 Å². The maximum Gasteiger partial charge on any atom is 0.318 e. The zero-order valence-electron chi connectivity index (χ0n) is 14.8. The summed E-state index contributed by atoms with van der Waals surface area (Å²) in [7, 11) is 2.03. The Morgan fingerprint density at radius 3 is 2.96 bits per heavy atom. The van der Waals surface area contributed by atoms with Gasteiger partial charge in [-0.15, -0.1) is 11.3 Å². The van der Waals surface area contributed by atoms with Crippen LogP contribution in [-0.4, -0.2) is 26.8 Å². The van der Waals surface area contributed by atoms with Crippen LogP contribution in [-0.2, 0) is 33.0 Å². The van der Waals surface area contributed by atoms with Crippen LogP contribution in [0.25, 0.3) is 0 Å². The molecule has 0 aliphatic heterocycles. The Labute approximate surface area is 153 Å². The minimum absolute atomic E-state index is 0.0534. The second-order valence-corrected chi connectivity index (χ2v) is 8.19. The van der Waals surface area contributed by atoms with Crippen LogP contribution in [0.3, 0.4) is 0 Å². The van der Waals surface area contributed by atoms with Crippen LogP contribution in [0.4, 0.5) is 4.79 Å². The third kappa shape index (κ3) is 3.45. The van der Waals surface area contributed by atoms with Crippen molar-refractivity contribution in [3.05, 3.63) is 39.3 Å². The summed E-state index contributed by atoms with van der Waals surface area (Å²) in [5, 5.41) is 9.90. The van der Waals surface area contributed by atoms with Crippen LogP contribution in [0.1, 0.15) is 53.9 Å². The number of rotatable bonds is 5. The number of carbonyl (C=O) groups is 1. The number of urea groups is 1. The van der Waals surface area contributed by atoms with Crippen LogP contribution in [0, 0.1) is 0 Å². The van der Waals surface area contributed by atoms with E-state index in [1.807, 2.05) is 28.1 Å². The Morgan fingerprint density at radius 1 is 1.36 bits per heavy atom. The van der Waals surface area contributed by atoms with Crippen LogP contribution in [0.15, 0.2) is 17.5 Å². The van der Waals surface area contributed by atoms with Gasteiger partial charge in [0.2, 0.25) is 0 Å². The highest BCUT2D eigenvalue weighted by molar-refractivity contribution is 7.09. The second kappa shape index (κ2) is 7.20. The lowest BCUT2D eigenvalue weighted by molar-refractivity contribution is 0.169. The molecular weight excluding hydrogens is 332 g/mol. The molecule has 5 nitrogen and oxygen atoms in total. The third-order valence-corrected chi connectivity index (χ3v) is 6.42. The van der Waals surface area contributed by atoms with Gasteiger partial charge >= 0.3 is 6.03 Å². The molecule has 0 atom stereocenters. The third-order valence-electron chi connectivity index (χ3n) is 5.54. The number of aromatic nitrogens is 2. The molecule has 0 radical (unpaired) electrons. The lowest BCUT2D eigenvalue weighted by atomic mass is 10.1. The highest BCUT2D eigenvalue weighted by Crippen LogP contribution is 2.29. The first-order valence-corrected chi connectivity index (χ1v) is 10.2. The first kappa shape index (κ1) is 16.6. The Morgan fingerprint density at radius 2 is 2.20 bits per heavy atom. The van der Waals surface area contributed by atoms with E-state index in [9.17, 15) is 4.79 Å². The van der Waals surface area contributed by atoms with Gasteiger partial charge in [-0.05, 0) is 49.1 Å². The van der Waals surface area contributed by atoms with Crippen molar-refractivity contribution in [1.29, 1.82) is 0 Å². The maximum absolute atomic E-state index is 12.9. The van der Waals surface area contributed by atoms with E-state index in [2.05, 4.69) is 11.4 Å². The average molecular weight is 359 g/mol. The van der Waals surface area contributed by atoms with Crippen LogP contribution in [0.5, 0.6) is 0 Å². The van der Waals surface area contributed by atoms with Crippen molar-refractivity contribution in [3.8, 4) is 0 Å². The molecule has 0 bridgehead atoms. The van der Waals surface area contributed by atoms with Gasteiger partial charge in [-0.2, -0.15) is 5.10 Å². The predicted octanol–water partition coefficient (Wildman–Crippen LogP) is 3.62. The van der Waals surface area contributed by atoms with Gasteiger partial charge in [-0.25, -0.2) is 4.79 Å². The van der Waals surface area contributed by atoms with E-state index in [-0.39, 0.29) is 6.03 Å². The van der Waals surface area contributed by atoms with E-state index >= 15 is 0 Å². The highest BCUT2D eigenvalue weighted by atomic mass is 32.1. The summed E-state index contributed by atoms with van der Waals surface area (Å²) in [6.07, 6.45) is 8.10. The Kier molecular flexibility index (Phi) is 4.79. The Hall–Kier alpha value is -1.82. The Bertz CT molecular complexity index is 731. The number of hydrogen-bond acceptors (Lipinski definition) is 3. The fourth-order valence-electron chi connectivity index (χ4n) is 4.25. The fraction of sp³-hybridized carbons (Fsp3) is 0.579. The SMILES string of the molecule is Cn1nc(CN(C(=O)NCc2cccs2)C2CCCC2)c2c1CCC2. The summed E-state index contributed by atoms with van der Waals surface area (Å²) in [6, 6.07) is 4.49. The van der Waals surface area contributed by atoms with Gasteiger partial charge < -0.3 is 10.2 Å². The van der Waals surface area contributed by atoms with Crippen molar-refractivity contribution in [1.82, 2.24) is 20.0 Å². The molecule has 0 aromatic carbocycles. The van der Waals surface area contributed by atoms with Crippen molar-refractivity contribution in [2.24, 2.45) is 7.05 Å². The van der Waals surface area contributed by atoms with Gasteiger partial charge in [0, 0.05) is 23.7 Å². The molecule has 0 spiro atoms. The van der Waals surface area contributed by atoms with E-state index in [4.69, 9.17) is 5.10 Å². The van der Waals surface area contributed by atoms with E-state index in [0.29, 0.717) is 19.1 Å². The number of thiophene rings is 1. The smallest absolute Gasteiger partial charge is 0.318 e. The summed E-state index contributed by atoms with van der Waals surface area (Å²) in [4.78, 5) is 16.2. The minimum atomic E-state index is 0.0534. The van der Waals surface area contributed by atoms with Crippen molar-refractivity contribution < 1.29 is 4.79 Å². The topological polar surface area (TPSA) is 50.2 Å². The average Bonchev–Trinajstić information content (AvgIpc) is 3.37. The molecule has 4 rings (SSSR count). The number of hydrogen-bond donors (Lipinski definition) is 1. The standard InChI is InChI=1S/C19H26N4OS/c1-22-18-10-4-9-16(18)17(21-22)13-23(14-6-2-3-7-14)19(24)20-12-15-8-5-11-25-15/h5,8,11,14H,2-4,6-7,9-10,12-13H2,1H3,(H,20,24). The van der Waals surface area contributed by atoms with Crippen molar-refractivity contribution >= 4 is 17.4 Å². The lowest BCUT2D eigenvalue weighted by Crippen LogP contribution is -2.44. The quantitative estimate of drug-likeness (QED) is 0.887. The highest BCUT2D eigenvalue weighted by Gasteiger charge is 2.30. The summed E-state index contributed by atoms with van der Waals surface area (Å²) in [5.41, 5.74) is 3.85. The molecule has 6 heteroatoms. The predicted molar refractivity (Wildman–Crippen MR) is 99.6 cm³/mol. The van der Waals surface area contributed by atoms with E-state index in [1.54, 1.807) is 11.3 Å². The molecule has 0 saturated heterocycles. The number of fused-ring (bicyclic) bond motifs is 1. The summed E-state index contributed by atoms with van der Waals surface area (Å²) in [5.74, 6) is 0. The number of amides is 2. The molecular formula is C19H26N4OS. The van der Waals surface area contributed by atoms with Gasteiger partial charge in [-0.1, -0.05) is 18.9 Å². The largest absolute Gasteiger partial charge is 0.333 e. The van der Waals surface area contributed by atoms with Crippen molar-refractivity contribution in [2.45, 2.75) is 64.1 Å². The maximum atomic E-state index is 12.9. The van der Waals surface area contributed by atoms with Crippen LogP contribution < -0.4 is 5.32 Å². The van der Waals surface area contributed by atoms with Crippen LogP contribution in [0.2, 0.25) is 0 Å². The molecule has 2 aromatic rings. The summed E-state index contributed by atoms with van der Waals surface area (Å²) >= 11 is 1.68. The first-order valence-electron chi connectivity index (χ1n) is 9.33. The molecule has 2 aliphatic rings. The molecule has 25 heavy (non-hydrogen) atoms. The van der Waals surface area contributed by atoms with Gasteiger partial charge in [0.15, 0.2) is 0 Å². The molecule has 134 valence electrons. The first-order chi connectivity index (χ1) is 12.2. The molecule has 1 saturated carbocycles. The van der Waals surface area contributed by atoms with Crippen LogP contribution >= 0.6 is 11.3 Å². The van der Waals surface area contributed by atoms with E-state index in [0.717, 1.165) is 31.4 Å². The van der Waals surface area contributed by atoms with Gasteiger partial charge in [0.05, 0.1) is 18.8 Å². The monoisotopic (exact) mass is 358 g/mol. The number of nitrogens with one attached hydrogen (secondary N) is 1. The van der Waals surface area contributed by atoms with Gasteiger partial charge in [-0.3, -0.25) is 4.68 Å². The summed E-state index contributed by atoms with van der Waals surface area (Å²) in [6.45, 7) is 1.25. The molecule has 2 amide bonds. The number of nitrogens with zero attached hydrogens (tertiary/aromatic N) is 3. The van der Waals surface area contributed by atoms with Crippen molar-refractivity contribution in [3.63, 3.8) is 0 Å². The van der Waals surface area contributed by atoms with E-state index in [1.165, 1.54) is 35.4 Å². The number of carbonyl (C=O) groups excluding carboxylic acids is 1. The second-order valence-electron chi connectivity index (χ2n) is 7.15. The zero-order chi connectivity index (χ0) is 17.2. The number of aryl methyl sites for hydroxylation is 1. The molecule has 2 aromatic heterocycles. The molecule has 0 unspecified atom stereocenters. The molecule has 1 N–H and O–H groups in total. The Balaban J connectivity index is 1.50. The lowest BCUT2D eigenvalue weighted by Gasteiger charge is -2.28. The van der Waals surface area contributed by atoms with Crippen molar-refractivity contribution in [2.75, 3.05) is 0 Å². The van der Waals surface area contributed by atoms with Gasteiger partial charge in [0.1, 0.15) is 0 Å². The normalized spacial score (nSPS) is 17.0. The fourth-order valence-corrected chi connectivity index (χ4v) is 4.89. The molecule has 1 fully saturated rings. The zero-order valence-corrected chi connectivity index (χ0v) is 15.6. The summed E-state index contributed by atoms with van der Waals surface area (Å²) < 4.78 is 2.02. The molecule has 2 aliphatic carbocycles. The van der Waals surface area contributed by atoms with E-state index < -0.39 is 0 Å². The minimum Gasteiger partial charge on any atom is -0.333 e.